The lowest BCUT2D eigenvalue weighted by Crippen LogP contribution is -1.97. The summed E-state index contributed by atoms with van der Waals surface area (Å²) in [6.45, 7) is 1.81. The average Bonchev–Trinajstić information content (AvgIpc) is 2.05. The highest BCUT2D eigenvalue weighted by molar-refractivity contribution is 5.89. The number of nitrogens with two attached hydrogens (primary N) is 1. The molecule has 0 radical (unpaired) electrons. The first-order valence-corrected chi connectivity index (χ1v) is 3.55. The van der Waals surface area contributed by atoms with Crippen LogP contribution in [0.15, 0.2) is 12.1 Å². The van der Waals surface area contributed by atoms with Gasteiger partial charge in [-0.25, -0.2) is 0 Å². The van der Waals surface area contributed by atoms with Crippen molar-refractivity contribution in [3.63, 3.8) is 0 Å². The Morgan fingerprint density at radius 3 is 2.58 bits per heavy atom. The van der Waals surface area contributed by atoms with Crippen molar-refractivity contribution in [1.82, 2.24) is 0 Å². The van der Waals surface area contributed by atoms with Crippen LogP contribution in [0.2, 0.25) is 0 Å². The largest absolute Gasteiger partial charge is 0.398 e. The van der Waals surface area contributed by atoms with Gasteiger partial charge in [0.1, 0.15) is 6.29 Å². The van der Waals surface area contributed by atoms with Crippen molar-refractivity contribution in [1.29, 1.82) is 5.41 Å². The van der Waals surface area contributed by atoms with E-state index in [9.17, 15) is 4.79 Å². The van der Waals surface area contributed by atoms with E-state index < -0.39 is 0 Å². The zero-order valence-electron chi connectivity index (χ0n) is 6.79. The number of nitrogen functional groups attached to an aromatic ring is 1. The Hall–Kier alpha value is -1.64. The maximum absolute atomic E-state index is 10.5. The summed E-state index contributed by atoms with van der Waals surface area (Å²) in [6, 6.07) is 3.31. The Bertz CT molecular complexity index is 302. The molecular weight excluding hydrogens is 152 g/mol. The van der Waals surface area contributed by atoms with Crippen LogP contribution in [0.5, 0.6) is 0 Å². The van der Waals surface area contributed by atoms with Gasteiger partial charge in [-0.05, 0) is 24.6 Å². The van der Waals surface area contributed by atoms with E-state index in [1.807, 2.05) is 6.92 Å². The minimum atomic E-state index is 0.535. The van der Waals surface area contributed by atoms with Crippen LogP contribution in [-0.2, 0) is 0 Å². The summed E-state index contributed by atoms with van der Waals surface area (Å²) in [4.78, 5) is 10.5. The zero-order chi connectivity index (χ0) is 9.14. The molecule has 0 aromatic heterocycles. The number of hydrogen-bond donors (Lipinski definition) is 2. The van der Waals surface area contributed by atoms with Crippen LogP contribution < -0.4 is 5.73 Å². The first-order valence-electron chi connectivity index (χ1n) is 3.55. The van der Waals surface area contributed by atoms with Gasteiger partial charge in [0.15, 0.2) is 0 Å². The van der Waals surface area contributed by atoms with Crippen molar-refractivity contribution < 1.29 is 4.79 Å². The van der Waals surface area contributed by atoms with Gasteiger partial charge in [-0.2, -0.15) is 0 Å². The number of rotatable bonds is 2. The van der Waals surface area contributed by atoms with Crippen LogP contribution in [0.4, 0.5) is 5.69 Å². The SMILES string of the molecule is Cc1cc(N)c(C=N)cc1C=O. The van der Waals surface area contributed by atoms with Gasteiger partial charge in [0.25, 0.3) is 0 Å². The molecule has 3 heteroatoms. The molecule has 0 aliphatic carbocycles. The number of aldehydes is 1. The van der Waals surface area contributed by atoms with Crippen LogP contribution in [0.3, 0.4) is 0 Å². The minimum Gasteiger partial charge on any atom is -0.398 e. The number of anilines is 1. The van der Waals surface area contributed by atoms with Gasteiger partial charge in [0.2, 0.25) is 0 Å². The van der Waals surface area contributed by atoms with Gasteiger partial charge in [0, 0.05) is 23.0 Å². The lowest BCUT2D eigenvalue weighted by atomic mass is 10.0. The smallest absolute Gasteiger partial charge is 0.150 e. The van der Waals surface area contributed by atoms with E-state index >= 15 is 0 Å². The summed E-state index contributed by atoms with van der Waals surface area (Å²) >= 11 is 0. The van der Waals surface area contributed by atoms with Crippen LogP contribution in [0, 0.1) is 12.3 Å². The van der Waals surface area contributed by atoms with Gasteiger partial charge < -0.3 is 11.1 Å². The molecule has 0 aliphatic rings. The van der Waals surface area contributed by atoms with Gasteiger partial charge in [-0.15, -0.1) is 0 Å². The second kappa shape index (κ2) is 3.17. The lowest BCUT2D eigenvalue weighted by Gasteiger charge is -2.03. The molecule has 3 N–H and O–H groups in total. The summed E-state index contributed by atoms with van der Waals surface area (Å²) in [7, 11) is 0. The van der Waals surface area contributed by atoms with Gasteiger partial charge >= 0.3 is 0 Å². The Morgan fingerprint density at radius 2 is 2.08 bits per heavy atom. The molecule has 3 nitrogen and oxygen atoms in total. The first-order chi connectivity index (χ1) is 5.69. The predicted molar refractivity (Wildman–Crippen MR) is 48.9 cm³/mol. The Kier molecular flexibility index (Phi) is 2.24. The molecule has 0 bridgehead atoms. The summed E-state index contributed by atoms with van der Waals surface area (Å²) in [5, 5.41) is 7.01. The second-order valence-corrected chi connectivity index (χ2v) is 2.60. The van der Waals surface area contributed by atoms with Crippen molar-refractivity contribution in [2.75, 3.05) is 5.73 Å². The molecule has 0 amide bonds. The molecule has 0 saturated carbocycles. The quantitative estimate of drug-likeness (QED) is 0.392. The third kappa shape index (κ3) is 1.34. The lowest BCUT2D eigenvalue weighted by molar-refractivity contribution is 0.112. The van der Waals surface area contributed by atoms with Crippen molar-refractivity contribution in [3.8, 4) is 0 Å². The maximum atomic E-state index is 10.5. The van der Waals surface area contributed by atoms with E-state index in [2.05, 4.69) is 0 Å². The molecule has 1 aromatic rings. The number of carbonyl (C=O) groups is 1. The van der Waals surface area contributed by atoms with Crippen molar-refractivity contribution in [3.05, 3.63) is 28.8 Å². The summed E-state index contributed by atoms with van der Waals surface area (Å²) < 4.78 is 0. The van der Waals surface area contributed by atoms with E-state index in [-0.39, 0.29) is 0 Å². The molecule has 0 fully saturated rings. The highest BCUT2D eigenvalue weighted by atomic mass is 16.1. The van der Waals surface area contributed by atoms with Crippen LogP contribution in [0.1, 0.15) is 21.5 Å². The van der Waals surface area contributed by atoms with E-state index in [4.69, 9.17) is 11.1 Å². The molecule has 12 heavy (non-hydrogen) atoms. The fraction of sp³-hybridized carbons (Fsp3) is 0.111. The van der Waals surface area contributed by atoms with Crippen molar-refractivity contribution in [2.45, 2.75) is 6.92 Å². The Labute approximate surface area is 70.7 Å². The molecule has 1 rings (SSSR count). The number of benzene rings is 1. The number of aryl methyl sites for hydroxylation is 1. The molecule has 0 atom stereocenters. The van der Waals surface area contributed by atoms with Gasteiger partial charge in [-0.3, -0.25) is 4.79 Å². The molecule has 0 spiro atoms. The van der Waals surface area contributed by atoms with Crippen molar-refractivity contribution >= 4 is 18.2 Å². The molecule has 0 saturated heterocycles. The predicted octanol–water partition coefficient (Wildman–Crippen LogP) is 1.39. The topological polar surface area (TPSA) is 66.9 Å². The van der Waals surface area contributed by atoms with E-state index in [1.165, 1.54) is 0 Å². The molecule has 0 heterocycles. The average molecular weight is 162 g/mol. The third-order valence-electron chi connectivity index (χ3n) is 1.75. The Morgan fingerprint density at radius 1 is 1.42 bits per heavy atom. The van der Waals surface area contributed by atoms with Crippen LogP contribution in [0.25, 0.3) is 0 Å². The van der Waals surface area contributed by atoms with Gasteiger partial charge in [-0.1, -0.05) is 0 Å². The normalized spacial score (nSPS) is 9.42. The molecule has 1 aromatic carbocycles. The fourth-order valence-corrected chi connectivity index (χ4v) is 1.02. The molecular formula is C9H10N2O. The first kappa shape index (κ1) is 8.46. The number of nitrogens with one attached hydrogen (secondary N) is 1. The summed E-state index contributed by atoms with van der Waals surface area (Å²) in [5.74, 6) is 0. The third-order valence-corrected chi connectivity index (χ3v) is 1.75. The maximum Gasteiger partial charge on any atom is 0.150 e. The summed E-state index contributed by atoms with van der Waals surface area (Å²) in [6.07, 6.45) is 1.91. The zero-order valence-corrected chi connectivity index (χ0v) is 6.79. The Balaban J connectivity index is 3.36. The van der Waals surface area contributed by atoms with Crippen LogP contribution in [-0.4, -0.2) is 12.5 Å². The van der Waals surface area contributed by atoms with Crippen molar-refractivity contribution in [2.24, 2.45) is 0 Å². The van der Waals surface area contributed by atoms with Crippen LogP contribution >= 0.6 is 0 Å². The molecule has 62 valence electrons. The second-order valence-electron chi connectivity index (χ2n) is 2.60. The minimum absolute atomic E-state index is 0.535. The molecule has 0 aliphatic heterocycles. The highest BCUT2D eigenvalue weighted by Gasteiger charge is 2.01. The van der Waals surface area contributed by atoms with E-state index in [0.717, 1.165) is 18.1 Å². The number of hydrogen-bond acceptors (Lipinski definition) is 3. The molecule has 0 unspecified atom stereocenters. The summed E-state index contributed by atoms with van der Waals surface area (Å²) in [5.41, 5.74) is 8.14. The van der Waals surface area contributed by atoms with Gasteiger partial charge in [0.05, 0.1) is 0 Å². The van der Waals surface area contributed by atoms with E-state index in [0.29, 0.717) is 16.8 Å². The highest BCUT2D eigenvalue weighted by Crippen LogP contribution is 2.15. The fourth-order valence-electron chi connectivity index (χ4n) is 1.02. The van der Waals surface area contributed by atoms with E-state index in [1.54, 1.807) is 12.1 Å². The number of carbonyl (C=O) groups excluding carboxylic acids is 1. The monoisotopic (exact) mass is 162 g/mol. The standard InChI is InChI=1S/C9H10N2O/c1-6-2-9(11)7(4-10)3-8(6)5-12/h2-5,10H,11H2,1H3.